The van der Waals surface area contributed by atoms with Crippen molar-refractivity contribution in [1.82, 2.24) is 4.98 Å². The van der Waals surface area contributed by atoms with Crippen LogP contribution in [0.4, 0.5) is 0 Å². The van der Waals surface area contributed by atoms with E-state index >= 15 is 0 Å². The first kappa shape index (κ1) is 13.2. The highest BCUT2D eigenvalue weighted by Crippen LogP contribution is 2.32. The summed E-state index contributed by atoms with van der Waals surface area (Å²) < 4.78 is 0.803. The van der Waals surface area contributed by atoms with E-state index in [4.69, 9.17) is 5.11 Å². The first-order valence-electron chi connectivity index (χ1n) is 5.98. The summed E-state index contributed by atoms with van der Waals surface area (Å²) in [7, 11) is 0. The minimum atomic E-state index is -0.870. The summed E-state index contributed by atoms with van der Waals surface area (Å²) in [5, 5.41) is 9.17. The van der Waals surface area contributed by atoms with Gasteiger partial charge in [-0.1, -0.05) is 12.8 Å². The zero-order valence-electron chi connectivity index (χ0n) is 9.80. The number of halogens is 1. The average Bonchev–Trinajstić information content (AvgIpc) is 2.39. The molecule has 0 saturated heterocycles. The molecule has 1 aliphatic rings. The third-order valence-electron chi connectivity index (χ3n) is 3.40. The number of Topliss-reactive ketones (excluding diaryl/α,β-unsaturated/α-hetero) is 1. The van der Waals surface area contributed by atoms with Crippen molar-refractivity contribution >= 4 is 27.7 Å². The van der Waals surface area contributed by atoms with Gasteiger partial charge in [0, 0.05) is 16.6 Å². The van der Waals surface area contributed by atoms with Crippen molar-refractivity contribution in [3.05, 3.63) is 28.5 Å². The lowest BCUT2D eigenvalue weighted by atomic mass is 9.76. The molecule has 2 atom stereocenters. The first-order chi connectivity index (χ1) is 8.59. The van der Waals surface area contributed by atoms with E-state index in [0.29, 0.717) is 18.5 Å². The number of hydrogen-bond donors (Lipinski definition) is 1. The molecule has 1 aromatic heterocycles. The van der Waals surface area contributed by atoms with E-state index in [1.165, 1.54) is 0 Å². The molecule has 5 heteroatoms. The molecule has 1 N–H and O–H groups in total. The highest BCUT2D eigenvalue weighted by Gasteiger charge is 2.36. The van der Waals surface area contributed by atoms with Crippen molar-refractivity contribution in [3.8, 4) is 0 Å². The Hall–Kier alpha value is -1.23. The van der Waals surface area contributed by atoms with Gasteiger partial charge in [-0.05, 0) is 40.9 Å². The van der Waals surface area contributed by atoms with Crippen LogP contribution in [0.1, 0.15) is 36.2 Å². The zero-order valence-corrected chi connectivity index (χ0v) is 11.4. The van der Waals surface area contributed by atoms with Crippen LogP contribution < -0.4 is 0 Å². The Morgan fingerprint density at radius 1 is 1.22 bits per heavy atom. The largest absolute Gasteiger partial charge is 0.481 e. The third kappa shape index (κ3) is 2.77. The lowest BCUT2D eigenvalue weighted by molar-refractivity contribution is -0.144. The van der Waals surface area contributed by atoms with Crippen LogP contribution in [-0.4, -0.2) is 21.8 Å². The van der Waals surface area contributed by atoms with E-state index < -0.39 is 17.8 Å². The summed E-state index contributed by atoms with van der Waals surface area (Å²) in [4.78, 5) is 27.5. The summed E-state index contributed by atoms with van der Waals surface area (Å²) >= 11 is 3.26. The van der Waals surface area contributed by atoms with E-state index in [-0.39, 0.29) is 5.78 Å². The number of ketones is 1. The molecule has 0 bridgehead atoms. The van der Waals surface area contributed by atoms with Crippen molar-refractivity contribution in [2.75, 3.05) is 0 Å². The van der Waals surface area contributed by atoms with E-state index in [0.717, 1.165) is 17.3 Å². The predicted octanol–water partition coefficient (Wildman–Crippen LogP) is 2.92. The van der Waals surface area contributed by atoms with Crippen LogP contribution in [0.5, 0.6) is 0 Å². The highest BCUT2D eigenvalue weighted by atomic mass is 79.9. The number of aliphatic carboxylic acids is 1. The molecule has 96 valence electrons. The predicted molar refractivity (Wildman–Crippen MR) is 69.4 cm³/mol. The highest BCUT2D eigenvalue weighted by molar-refractivity contribution is 9.10. The van der Waals surface area contributed by atoms with Gasteiger partial charge in [0.15, 0.2) is 5.78 Å². The molecule has 0 spiro atoms. The Labute approximate surface area is 114 Å². The second kappa shape index (κ2) is 5.61. The SMILES string of the molecule is O=C(O)C1CCCCC1C(=O)c1ccc(Br)cn1. The molecule has 1 heterocycles. The standard InChI is InChI=1S/C13H14BrNO3/c14-8-5-6-11(15-7-8)12(16)9-3-1-2-4-10(9)13(17)18/h5-7,9-10H,1-4H2,(H,17,18). The summed E-state index contributed by atoms with van der Waals surface area (Å²) in [6.07, 6.45) is 4.59. The van der Waals surface area contributed by atoms with Gasteiger partial charge >= 0.3 is 5.97 Å². The van der Waals surface area contributed by atoms with E-state index in [1.54, 1.807) is 18.3 Å². The number of rotatable bonds is 3. The molecule has 18 heavy (non-hydrogen) atoms. The summed E-state index contributed by atoms with van der Waals surface area (Å²) in [6, 6.07) is 3.39. The second-order valence-electron chi connectivity index (χ2n) is 4.56. The zero-order chi connectivity index (χ0) is 13.1. The smallest absolute Gasteiger partial charge is 0.307 e. The number of carbonyl (C=O) groups is 2. The number of aromatic nitrogens is 1. The maximum absolute atomic E-state index is 12.3. The molecule has 1 fully saturated rings. The van der Waals surface area contributed by atoms with Gasteiger partial charge in [0.1, 0.15) is 5.69 Å². The summed E-state index contributed by atoms with van der Waals surface area (Å²) in [5.74, 6) is -2.00. The van der Waals surface area contributed by atoms with Gasteiger partial charge in [0.05, 0.1) is 5.92 Å². The van der Waals surface area contributed by atoms with Crippen LogP contribution in [0, 0.1) is 11.8 Å². The fourth-order valence-corrected chi connectivity index (χ4v) is 2.69. The average molecular weight is 312 g/mol. The van der Waals surface area contributed by atoms with Crippen LogP contribution in [0.25, 0.3) is 0 Å². The number of nitrogens with zero attached hydrogens (tertiary/aromatic N) is 1. The molecule has 1 aromatic rings. The molecular formula is C13H14BrNO3. The number of pyridine rings is 1. The Morgan fingerprint density at radius 3 is 2.44 bits per heavy atom. The van der Waals surface area contributed by atoms with Crippen molar-refractivity contribution in [1.29, 1.82) is 0 Å². The van der Waals surface area contributed by atoms with Crippen LogP contribution in [0.15, 0.2) is 22.8 Å². The van der Waals surface area contributed by atoms with Gasteiger partial charge in [-0.2, -0.15) is 0 Å². The summed E-state index contributed by atoms with van der Waals surface area (Å²) in [5.41, 5.74) is 0.358. The lowest BCUT2D eigenvalue weighted by Gasteiger charge is -2.26. The first-order valence-corrected chi connectivity index (χ1v) is 6.77. The Morgan fingerprint density at radius 2 is 1.89 bits per heavy atom. The fraction of sp³-hybridized carbons (Fsp3) is 0.462. The number of carboxylic acids is 1. The lowest BCUT2D eigenvalue weighted by Crippen LogP contribution is -2.33. The van der Waals surface area contributed by atoms with Gasteiger partial charge in [-0.3, -0.25) is 14.6 Å². The molecule has 2 unspecified atom stereocenters. The fourth-order valence-electron chi connectivity index (χ4n) is 2.45. The minimum absolute atomic E-state index is 0.144. The van der Waals surface area contributed by atoms with Crippen molar-refractivity contribution in [3.63, 3.8) is 0 Å². The maximum Gasteiger partial charge on any atom is 0.307 e. The third-order valence-corrected chi connectivity index (χ3v) is 3.87. The Balaban J connectivity index is 2.20. The van der Waals surface area contributed by atoms with E-state index in [2.05, 4.69) is 20.9 Å². The monoisotopic (exact) mass is 311 g/mol. The van der Waals surface area contributed by atoms with Crippen LogP contribution in [-0.2, 0) is 4.79 Å². The summed E-state index contributed by atoms with van der Waals surface area (Å²) in [6.45, 7) is 0. The Kier molecular flexibility index (Phi) is 4.11. The van der Waals surface area contributed by atoms with Crippen molar-refractivity contribution < 1.29 is 14.7 Å². The molecule has 1 aliphatic carbocycles. The Bertz CT molecular complexity index is 458. The van der Waals surface area contributed by atoms with Crippen molar-refractivity contribution in [2.24, 2.45) is 11.8 Å². The molecule has 4 nitrogen and oxygen atoms in total. The van der Waals surface area contributed by atoms with Crippen LogP contribution in [0.3, 0.4) is 0 Å². The van der Waals surface area contributed by atoms with E-state index in [9.17, 15) is 9.59 Å². The molecule has 0 aromatic carbocycles. The molecule has 0 aliphatic heterocycles. The van der Waals surface area contributed by atoms with Gasteiger partial charge in [0.2, 0.25) is 0 Å². The quantitative estimate of drug-likeness (QED) is 0.872. The number of carboxylic acid groups (broad SMARTS) is 1. The molecule has 2 rings (SSSR count). The molecular weight excluding hydrogens is 298 g/mol. The van der Waals surface area contributed by atoms with E-state index in [1.807, 2.05) is 0 Å². The second-order valence-corrected chi connectivity index (χ2v) is 5.48. The van der Waals surface area contributed by atoms with Crippen molar-refractivity contribution in [2.45, 2.75) is 25.7 Å². The number of carbonyl (C=O) groups excluding carboxylic acids is 1. The maximum atomic E-state index is 12.3. The van der Waals surface area contributed by atoms with Gasteiger partial charge in [-0.15, -0.1) is 0 Å². The van der Waals surface area contributed by atoms with Gasteiger partial charge in [0.25, 0.3) is 0 Å². The normalized spacial score (nSPS) is 23.6. The number of hydrogen-bond acceptors (Lipinski definition) is 3. The van der Waals surface area contributed by atoms with Crippen LogP contribution >= 0.6 is 15.9 Å². The van der Waals surface area contributed by atoms with Crippen LogP contribution in [0.2, 0.25) is 0 Å². The van der Waals surface area contributed by atoms with Gasteiger partial charge in [-0.25, -0.2) is 0 Å². The topological polar surface area (TPSA) is 67.3 Å². The molecule has 0 amide bonds. The molecule has 0 radical (unpaired) electrons. The molecule has 1 saturated carbocycles. The minimum Gasteiger partial charge on any atom is -0.481 e. The van der Waals surface area contributed by atoms with Gasteiger partial charge < -0.3 is 5.11 Å².